The van der Waals surface area contributed by atoms with Gasteiger partial charge >= 0.3 is 0 Å². The van der Waals surface area contributed by atoms with Gasteiger partial charge in [0.25, 0.3) is 0 Å². The molecule has 4 nitrogen and oxygen atoms in total. The second-order valence-corrected chi connectivity index (χ2v) is 5.65. The van der Waals surface area contributed by atoms with Crippen molar-refractivity contribution in [3.63, 3.8) is 0 Å². The molecule has 0 aliphatic carbocycles. The van der Waals surface area contributed by atoms with Crippen LogP contribution in [-0.2, 0) is 11.3 Å². The van der Waals surface area contributed by atoms with Crippen molar-refractivity contribution in [1.29, 1.82) is 0 Å². The Kier molecular flexibility index (Phi) is 6.21. The molecule has 1 aliphatic rings. The summed E-state index contributed by atoms with van der Waals surface area (Å²) in [5.41, 5.74) is 2.14. The van der Waals surface area contributed by atoms with E-state index in [0.717, 1.165) is 44.7 Å². The van der Waals surface area contributed by atoms with Crippen LogP contribution in [0.3, 0.4) is 0 Å². The number of hydrogen-bond acceptors (Lipinski definition) is 3. The summed E-state index contributed by atoms with van der Waals surface area (Å²) in [7, 11) is 0. The molecule has 21 heavy (non-hydrogen) atoms. The van der Waals surface area contributed by atoms with Gasteiger partial charge < -0.3 is 10.6 Å². The molecule has 1 fully saturated rings. The Balaban J connectivity index is 1.95. The molecule has 0 aromatic heterocycles. The molecule has 0 saturated carbocycles. The zero-order valence-electron chi connectivity index (χ0n) is 13.2. The largest absolute Gasteiger partial charge is 0.325 e. The molecule has 2 N–H and O–H groups in total. The topological polar surface area (TPSA) is 44.4 Å². The third kappa shape index (κ3) is 4.83. The quantitative estimate of drug-likeness (QED) is 0.846. The first kappa shape index (κ1) is 16.0. The van der Waals surface area contributed by atoms with Gasteiger partial charge in [0.2, 0.25) is 5.91 Å². The van der Waals surface area contributed by atoms with Gasteiger partial charge in [-0.3, -0.25) is 9.69 Å². The fraction of sp³-hybridized carbons (Fsp3) is 0.588. The summed E-state index contributed by atoms with van der Waals surface area (Å²) >= 11 is 0. The lowest BCUT2D eigenvalue weighted by Gasteiger charge is -2.23. The first-order chi connectivity index (χ1) is 10.2. The van der Waals surface area contributed by atoms with Crippen molar-refractivity contribution in [1.82, 2.24) is 10.2 Å². The molecule has 1 heterocycles. The van der Waals surface area contributed by atoms with E-state index in [1.807, 2.05) is 12.1 Å². The Morgan fingerprint density at radius 1 is 1.33 bits per heavy atom. The molecule has 1 atom stereocenters. The van der Waals surface area contributed by atoms with Crippen LogP contribution in [0.5, 0.6) is 0 Å². The maximum absolute atomic E-state index is 12.2. The zero-order chi connectivity index (χ0) is 15.1. The van der Waals surface area contributed by atoms with E-state index in [4.69, 9.17) is 0 Å². The fourth-order valence-electron chi connectivity index (χ4n) is 2.76. The summed E-state index contributed by atoms with van der Waals surface area (Å²) < 4.78 is 0. The first-order valence-electron chi connectivity index (χ1n) is 8.08. The number of carbonyl (C=O) groups excluding carboxylic acids is 1. The van der Waals surface area contributed by atoms with Crippen molar-refractivity contribution in [3.8, 4) is 0 Å². The second kappa shape index (κ2) is 8.15. The van der Waals surface area contributed by atoms with Crippen LogP contribution in [-0.4, -0.2) is 36.5 Å². The second-order valence-electron chi connectivity index (χ2n) is 5.65. The molecule has 1 aromatic carbocycles. The summed E-state index contributed by atoms with van der Waals surface area (Å²) in [6.07, 6.45) is 3.24. The first-order valence-corrected chi connectivity index (χ1v) is 8.08. The molecule has 1 saturated heterocycles. The lowest BCUT2D eigenvalue weighted by molar-refractivity contribution is -0.118. The average molecular weight is 289 g/mol. The molecule has 0 unspecified atom stereocenters. The number of amides is 1. The number of benzene rings is 1. The predicted octanol–water partition coefficient (Wildman–Crippen LogP) is 2.61. The Bertz CT molecular complexity index is 451. The van der Waals surface area contributed by atoms with Crippen LogP contribution in [0.1, 0.15) is 38.7 Å². The summed E-state index contributed by atoms with van der Waals surface area (Å²) in [6.45, 7) is 8.30. The summed E-state index contributed by atoms with van der Waals surface area (Å²) in [6, 6.07) is 8.14. The normalized spacial score (nSPS) is 18.7. The molecule has 4 heteroatoms. The van der Waals surface area contributed by atoms with Crippen LogP contribution in [0.2, 0.25) is 0 Å². The van der Waals surface area contributed by atoms with Gasteiger partial charge in [-0.1, -0.05) is 32.4 Å². The molecular formula is C17H27N3O. The predicted molar refractivity (Wildman–Crippen MR) is 87.3 cm³/mol. The number of carbonyl (C=O) groups is 1. The zero-order valence-corrected chi connectivity index (χ0v) is 13.2. The minimum atomic E-state index is -0.0369. The standard InChI is InChI=1S/C17H27N3O/c1-3-20(4-2)13-14-8-7-9-15(12-14)19-17(21)16-10-5-6-11-18-16/h7-9,12,16,18H,3-6,10-11,13H2,1-2H3,(H,19,21)/t16-/m1/s1. The monoisotopic (exact) mass is 289 g/mol. The average Bonchev–Trinajstić information content (AvgIpc) is 2.53. The third-order valence-corrected chi connectivity index (χ3v) is 4.12. The highest BCUT2D eigenvalue weighted by atomic mass is 16.2. The number of nitrogens with zero attached hydrogens (tertiary/aromatic N) is 1. The molecule has 0 radical (unpaired) electrons. The maximum atomic E-state index is 12.2. The highest BCUT2D eigenvalue weighted by molar-refractivity contribution is 5.94. The van der Waals surface area contributed by atoms with E-state index < -0.39 is 0 Å². The van der Waals surface area contributed by atoms with Crippen LogP contribution in [0.4, 0.5) is 5.69 Å². The summed E-state index contributed by atoms with van der Waals surface area (Å²) in [5, 5.41) is 6.33. The van der Waals surface area contributed by atoms with Gasteiger partial charge in [-0.2, -0.15) is 0 Å². The van der Waals surface area contributed by atoms with Crippen molar-refractivity contribution in [2.24, 2.45) is 0 Å². The van der Waals surface area contributed by atoms with Crippen LogP contribution < -0.4 is 10.6 Å². The van der Waals surface area contributed by atoms with E-state index in [1.165, 1.54) is 12.0 Å². The van der Waals surface area contributed by atoms with E-state index in [-0.39, 0.29) is 11.9 Å². The van der Waals surface area contributed by atoms with Gasteiger partial charge in [0.1, 0.15) is 0 Å². The Hall–Kier alpha value is -1.39. The van der Waals surface area contributed by atoms with Gasteiger partial charge in [0.15, 0.2) is 0 Å². The molecule has 2 rings (SSSR count). The Morgan fingerprint density at radius 2 is 2.14 bits per heavy atom. The van der Waals surface area contributed by atoms with E-state index in [2.05, 4.69) is 41.5 Å². The Labute approximate surface area is 127 Å². The van der Waals surface area contributed by atoms with Gasteiger partial charge in [-0.15, -0.1) is 0 Å². The molecular weight excluding hydrogens is 262 g/mol. The molecule has 0 spiro atoms. The molecule has 0 bridgehead atoms. The van der Waals surface area contributed by atoms with Crippen LogP contribution in [0.25, 0.3) is 0 Å². The smallest absolute Gasteiger partial charge is 0.241 e. The van der Waals surface area contributed by atoms with E-state index in [9.17, 15) is 4.79 Å². The van der Waals surface area contributed by atoms with E-state index in [1.54, 1.807) is 0 Å². The van der Waals surface area contributed by atoms with Crippen molar-refractivity contribution in [3.05, 3.63) is 29.8 Å². The molecule has 1 aromatic rings. The van der Waals surface area contributed by atoms with Crippen molar-refractivity contribution in [2.75, 3.05) is 25.0 Å². The van der Waals surface area contributed by atoms with Gasteiger partial charge in [0, 0.05) is 12.2 Å². The highest BCUT2D eigenvalue weighted by Crippen LogP contribution is 2.15. The Morgan fingerprint density at radius 3 is 2.81 bits per heavy atom. The lowest BCUT2D eigenvalue weighted by Crippen LogP contribution is -2.43. The van der Waals surface area contributed by atoms with Gasteiger partial charge in [0.05, 0.1) is 6.04 Å². The van der Waals surface area contributed by atoms with Crippen molar-refractivity contribution in [2.45, 2.75) is 45.7 Å². The van der Waals surface area contributed by atoms with E-state index in [0.29, 0.717) is 0 Å². The molecule has 1 amide bonds. The third-order valence-electron chi connectivity index (χ3n) is 4.12. The number of piperidine rings is 1. The number of hydrogen-bond donors (Lipinski definition) is 2. The van der Waals surface area contributed by atoms with Gasteiger partial charge in [-0.25, -0.2) is 0 Å². The summed E-state index contributed by atoms with van der Waals surface area (Å²) in [5.74, 6) is 0.0923. The lowest BCUT2D eigenvalue weighted by atomic mass is 10.0. The molecule has 1 aliphatic heterocycles. The number of rotatable bonds is 6. The summed E-state index contributed by atoms with van der Waals surface area (Å²) in [4.78, 5) is 14.6. The fourth-order valence-corrected chi connectivity index (χ4v) is 2.76. The number of nitrogens with one attached hydrogen (secondary N) is 2. The minimum absolute atomic E-state index is 0.0369. The molecule has 116 valence electrons. The highest BCUT2D eigenvalue weighted by Gasteiger charge is 2.20. The SMILES string of the molecule is CCN(CC)Cc1cccc(NC(=O)[C@H]2CCCCN2)c1. The van der Waals surface area contributed by atoms with E-state index >= 15 is 0 Å². The van der Waals surface area contributed by atoms with Crippen molar-refractivity contribution >= 4 is 11.6 Å². The van der Waals surface area contributed by atoms with Crippen LogP contribution in [0, 0.1) is 0 Å². The van der Waals surface area contributed by atoms with Gasteiger partial charge in [-0.05, 0) is 50.2 Å². The maximum Gasteiger partial charge on any atom is 0.241 e. The van der Waals surface area contributed by atoms with Crippen LogP contribution >= 0.6 is 0 Å². The minimum Gasteiger partial charge on any atom is -0.325 e. The number of anilines is 1. The van der Waals surface area contributed by atoms with Crippen molar-refractivity contribution < 1.29 is 4.79 Å². The van der Waals surface area contributed by atoms with Crippen LogP contribution in [0.15, 0.2) is 24.3 Å².